The van der Waals surface area contributed by atoms with Crippen molar-refractivity contribution in [3.8, 4) is 66.8 Å². The number of hydrogen-bond acceptors (Lipinski definition) is 2. The van der Waals surface area contributed by atoms with Gasteiger partial charge in [-0.3, -0.25) is 0 Å². The molecular weight excluding hydrogens is 925 g/mol. The summed E-state index contributed by atoms with van der Waals surface area (Å²) < 4.78 is 1.11. The zero-order chi connectivity index (χ0) is 48.2. The van der Waals surface area contributed by atoms with Gasteiger partial charge in [0.2, 0.25) is 0 Å². The molecule has 3 heteroatoms. The molecule has 71 heavy (non-hydrogen) atoms. The number of fused-ring (bicyclic) bond motifs is 2. The topological polar surface area (TPSA) is 38.0 Å². The normalized spacial score (nSPS) is 10.7. The van der Waals surface area contributed by atoms with E-state index in [-0.39, 0.29) is 0 Å². The molecule has 0 amide bonds. The molecule has 0 atom stereocenters. The lowest BCUT2D eigenvalue weighted by molar-refractivity contribution is 1.52. The van der Waals surface area contributed by atoms with Crippen molar-refractivity contribution in [2.45, 2.75) is 0 Å². The molecule has 12 aromatic carbocycles. The summed E-state index contributed by atoms with van der Waals surface area (Å²) >= 11 is 3.47. The molecule has 12 rings (SSSR count). The fourth-order valence-corrected chi connectivity index (χ4v) is 9.29. The fraction of sp³-hybridized carbons (Fsp3) is 0. The van der Waals surface area contributed by atoms with Gasteiger partial charge < -0.3 is 11.1 Å². The zero-order valence-corrected chi connectivity index (χ0v) is 40.8. The molecular formula is C68H51BrN2. The SMILES string of the molecule is Brc1ccc(-c2cccc3ccccc23)cc1.Nc1ccc(-c2ccccc2)cc1-c1ccccc1.c1ccc(-c2ccc(Nc3ccc(-c4cccc5ccccc45)cc3)c(-c3ccccc3)c2)cc1. The van der Waals surface area contributed by atoms with Crippen molar-refractivity contribution in [2.75, 3.05) is 11.1 Å². The summed E-state index contributed by atoms with van der Waals surface area (Å²) in [6, 6.07) is 102. The average Bonchev–Trinajstić information content (AvgIpc) is 3.45. The van der Waals surface area contributed by atoms with Crippen LogP contribution in [0.25, 0.3) is 88.3 Å². The van der Waals surface area contributed by atoms with Crippen LogP contribution in [0.15, 0.2) is 296 Å². The molecule has 12 aromatic rings. The van der Waals surface area contributed by atoms with Gasteiger partial charge in [-0.25, -0.2) is 0 Å². The summed E-state index contributed by atoms with van der Waals surface area (Å²) in [5, 5.41) is 8.79. The number of rotatable bonds is 8. The second-order valence-corrected chi connectivity index (χ2v) is 18.2. The third kappa shape index (κ3) is 11.1. The molecule has 2 nitrogen and oxygen atoms in total. The minimum absolute atomic E-state index is 0.811. The first-order chi connectivity index (χ1) is 35.0. The Morgan fingerprint density at radius 1 is 0.268 bits per heavy atom. The second-order valence-electron chi connectivity index (χ2n) is 17.3. The first-order valence-electron chi connectivity index (χ1n) is 23.9. The van der Waals surface area contributed by atoms with Gasteiger partial charge in [-0.15, -0.1) is 0 Å². The lowest BCUT2D eigenvalue weighted by Gasteiger charge is -2.15. The van der Waals surface area contributed by atoms with E-state index in [2.05, 4.69) is 270 Å². The fourth-order valence-electron chi connectivity index (χ4n) is 9.03. The number of hydrogen-bond donors (Lipinski definition) is 2. The van der Waals surface area contributed by atoms with Crippen molar-refractivity contribution >= 4 is 54.5 Å². The monoisotopic (exact) mass is 974 g/mol. The van der Waals surface area contributed by atoms with Crippen LogP contribution < -0.4 is 11.1 Å². The molecule has 0 aliphatic rings. The Balaban J connectivity index is 0.000000136. The number of halogens is 1. The maximum Gasteiger partial charge on any atom is 0.0464 e. The van der Waals surface area contributed by atoms with E-state index in [0.29, 0.717) is 0 Å². The highest BCUT2D eigenvalue weighted by Gasteiger charge is 2.11. The first kappa shape index (κ1) is 46.0. The second kappa shape index (κ2) is 22.1. The van der Waals surface area contributed by atoms with Gasteiger partial charge in [-0.2, -0.15) is 0 Å². The lowest BCUT2D eigenvalue weighted by Crippen LogP contribution is -1.94. The van der Waals surface area contributed by atoms with E-state index in [1.807, 2.05) is 42.5 Å². The van der Waals surface area contributed by atoms with E-state index in [4.69, 9.17) is 5.73 Å². The van der Waals surface area contributed by atoms with Crippen LogP contribution in [0, 0.1) is 0 Å². The molecule has 0 spiro atoms. The Labute approximate surface area is 425 Å². The molecule has 0 aliphatic carbocycles. The highest BCUT2D eigenvalue weighted by molar-refractivity contribution is 9.10. The molecule has 0 saturated heterocycles. The van der Waals surface area contributed by atoms with Crippen molar-refractivity contribution in [1.82, 2.24) is 0 Å². The standard InChI is InChI=1S/C34H25N.C18H15N.C16H11Br/c1-3-10-25(11-4-1)29-20-23-34(33(24-29)27-12-5-2-6-13-27)35-30-21-18-28(19-22-30)32-17-9-15-26-14-7-8-16-31(26)32;19-18-12-11-16(14-7-3-1-4-8-14)13-17(18)15-9-5-2-6-10-15;17-14-10-8-13(9-11-14)16-7-3-5-12-4-1-2-6-15(12)16/h1-24,35H;1-13H,19H2;1-11H. The number of nitrogens with one attached hydrogen (secondary N) is 1. The highest BCUT2D eigenvalue weighted by atomic mass is 79.9. The predicted octanol–water partition coefficient (Wildman–Crippen LogP) is 19.5. The highest BCUT2D eigenvalue weighted by Crippen LogP contribution is 2.37. The van der Waals surface area contributed by atoms with Gasteiger partial charge in [0, 0.05) is 32.7 Å². The molecule has 0 aromatic heterocycles. The summed E-state index contributed by atoms with van der Waals surface area (Å²) in [6.07, 6.45) is 0. The van der Waals surface area contributed by atoms with Crippen molar-refractivity contribution < 1.29 is 0 Å². The first-order valence-corrected chi connectivity index (χ1v) is 24.7. The van der Waals surface area contributed by atoms with Crippen LogP contribution in [0.4, 0.5) is 17.1 Å². The van der Waals surface area contributed by atoms with Gasteiger partial charge in [-0.05, 0) is 126 Å². The zero-order valence-electron chi connectivity index (χ0n) is 39.2. The summed E-state index contributed by atoms with van der Waals surface area (Å²) in [6.45, 7) is 0. The molecule has 0 unspecified atom stereocenters. The van der Waals surface area contributed by atoms with Gasteiger partial charge in [0.15, 0.2) is 0 Å². The van der Waals surface area contributed by atoms with Gasteiger partial charge in [0.25, 0.3) is 0 Å². The third-order valence-electron chi connectivity index (χ3n) is 12.7. The molecule has 340 valence electrons. The molecule has 0 radical (unpaired) electrons. The third-order valence-corrected chi connectivity index (χ3v) is 13.2. The van der Waals surface area contributed by atoms with Crippen LogP contribution in [0.1, 0.15) is 0 Å². The summed E-state index contributed by atoms with van der Waals surface area (Å²) in [5.41, 5.74) is 23.5. The van der Waals surface area contributed by atoms with E-state index in [0.717, 1.165) is 32.7 Å². The van der Waals surface area contributed by atoms with Crippen LogP contribution in [0.3, 0.4) is 0 Å². The van der Waals surface area contributed by atoms with Crippen molar-refractivity contribution in [3.63, 3.8) is 0 Å². The lowest BCUT2D eigenvalue weighted by atomic mass is 9.97. The molecule has 0 saturated carbocycles. The number of nitrogen functional groups attached to an aromatic ring is 1. The quantitative estimate of drug-likeness (QED) is 0.149. The maximum absolute atomic E-state index is 6.10. The number of benzene rings is 12. The van der Waals surface area contributed by atoms with E-state index in [1.165, 1.54) is 77.2 Å². The molecule has 0 heterocycles. The van der Waals surface area contributed by atoms with E-state index in [1.54, 1.807) is 0 Å². The number of nitrogens with two attached hydrogens (primary N) is 1. The van der Waals surface area contributed by atoms with Gasteiger partial charge in [0.1, 0.15) is 0 Å². The van der Waals surface area contributed by atoms with Crippen molar-refractivity contribution in [2.24, 2.45) is 0 Å². The van der Waals surface area contributed by atoms with Gasteiger partial charge in [-0.1, -0.05) is 259 Å². The van der Waals surface area contributed by atoms with Crippen LogP contribution in [0.2, 0.25) is 0 Å². The Bertz CT molecular complexity index is 3640. The summed E-state index contributed by atoms with van der Waals surface area (Å²) in [4.78, 5) is 0. The van der Waals surface area contributed by atoms with Crippen LogP contribution in [0.5, 0.6) is 0 Å². The van der Waals surface area contributed by atoms with Crippen molar-refractivity contribution in [1.29, 1.82) is 0 Å². The van der Waals surface area contributed by atoms with E-state index >= 15 is 0 Å². The van der Waals surface area contributed by atoms with Crippen LogP contribution in [-0.4, -0.2) is 0 Å². The Morgan fingerprint density at radius 3 is 1.14 bits per heavy atom. The summed E-state index contributed by atoms with van der Waals surface area (Å²) in [5.74, 6) is 0. The molecule has 3 N–H and O–H groups in total. The summed E-state index contributed by atoms with van der Waals surface area (Å²) in [7, 11) is 0. The maximum atomic E-state index is 6.10. The van der Waals surface area contributed by atoms with E-state index < -0.39 is 0 Å². The minimum Gasteiger partial charge on any atom is -0.398 e. The van der Waals surface area contributed by atoms with Crippen molar-refractivity contribution in [3.05, 3.63) is 296 Å². The largest absolute Gasteiger partial charge is 0.398 e. The van der Waals surface area contributed by atoms with Gasteiger partial charge in [0.05, 0.1) is 0 Å². The smallest absolute Gasteiger partial charge is 0.0464 e. The van der Waals surface area contributed by atoms with Gasteiger partial charge >= 0.3 is 0 Å². The molecule has 0 bridgehead atoms. The Kier molecular flexibility index (Phi) is 14.3. The molecule has 0 aliphatic heterocycles. The van der Waals surface area contributed by atoms with Crippen LogP contribution >= 0.6 is 15.9 Å². The molecule has 0 fully saturated rings. The Hall–Kier alpha value is -8.76. The minimum atomic E-state index is 0.811. The van der Waals surface area contributed by atoms with Crippen LogP contribution in [-0.2, 0) is 0 Å². The average molecular weight is 976 g/mol. The number of anilines is 3. The van der Waals surface area contributed by atoms with E-state index in [9.17, 15) is 0 Å². The Morgan fingerprint density at radius 2 is 0.634 bits per heavy atom. The predicted molar refractivity (Wildman–Crippen MR) is 309 cm³/mol.